The van der Waals surface area contributed by atoms with Crippen molar-refractivity contribution in [1.29, 1.82) is 0 Å². The minimum atomic E-state index is -0.783. The van der Waals surface area contributed by atoms with Crippen molar-refractivity contribution in [1.82, 2.24) is 5.32 Å². The number of halogens is 1. The summed E-state index contributed by atoms with van der Waals surface area (Å²) in [5.41, 5.74) is 2.24. The van der Waals surface area contributed by atoms with Gasteiger partial charge in [-0.2, -0.15) is 0 Å². The van der Waals surface area contributed by atoms with Gasteiger partial charge < -0.3 is 4.42 Å². The molecule has 0 spiro atoms. The van der Waals surface area contributed by atoms with Crippen molar-refractivity contribution in [3.63, 3.8) is 0 Å². The molecule has 4 rings (SSSR count). The number of barbiturate groups is 1. The Morgan fingerprint density at radius 1 is 1.00 bits per heavy atom. The number of urea groups is 1. The van der Waals surface area contributed by atoms with Gasteiger partial charge in [0.1, 0.15) is 11.3 Å². The monoisotopic (exact) mass is 496 g/mol. The Morgan fingerprint density at radius 2 is 1.74 bits per heavy atom. The van der Waals surface area contributed by atoms with Crippen LogP contribution in [-0.4, -0.2) is 17.8 Å². The Kier molecular flexibility index (Phi) is 5.84. The van der Waals surface area contributed by atoms with E-state index in [1.165, 1.54) is 17.8 Å². The SMILES string of the molecule is Cc1ccc(Sc2oc(/C=C3\C(=O)NC(=O)N(c4cccc(C)c4)C3=O)cc2Br)cc1. The standard InChI is InChI=1S/C23H17BrN2O4S/c1-13-6-8-17(9-7-13)31-22-19(24)12-16(30-22)11-18-20(27)25-23(29)26(21(18)28)15-5-3-4-14(2)10-15/h3-12H,1-2H3,(H,25,27,29)/b18-11+. The second-order valence-corrected chi connectivity index (χ2v) is 8.90. The highest BCUT2D eigenvalue weighted by Crippen LogP contribution is 2.37. The molecule has 0 bridgehead atoms. The number of nitrogens with zero attached hydrogens (tertiary/aromatic N) is 1. The smallest absolute Gasteiger partial charge is 0.335 e. The van der Waals surface area contributed by atoms with Crippen molar-refractivity contribution in [2.24, 2.45) is 0 Å². The van der Waals surface area contributed by atoms with Gasteiger partial charge in [-0.3, -0.25) is 14.9 Å². The topological polar surface area (TPSA) is 79.6 Å². The molecule has 3 aromatic rings. The zero-order valence-electron chi connectivity index (χ0n) is 16.6. The van der Waals surface area contributed by atoms with E-state index in [0.717, 1.165) is 20.9 Å². The van der Waals surface area contributed by atoms with Gasteiger partial charge in [0, 0.05) is 4.90 Å². The number of imide groups is 2. The molecule has 156 valence electrons. The van der Waals surface area contributed by atoms with Crippen LogP contribution in [0.3, 0.4) is 0 Å². The van der Waals surface area contributed by atoms with Crippen LogP contribution in [0.15, 0.2) is 79.0 Å². The number of amides is 4. The summed E-state index contributed by atoms with van der Waals surface area (Å²) in [6.07, 6.45) is 1.34. The van der Waals surface area contributed by atoms with E-state index in [2.05, 4.69) is 21.2 Å². The molecule has 1 aliphatic heterocycles. The molecule has 2 aromatic carbocycles. The molecule has 1 fully saturated rings. The van der Waals surface area contributed by atoms with Crippen LogP contribution < -0.4 is 10.2 Å². The number of carbonyl (C=O) groups excluding carboxylic acids is 3. The van der Waals surface area contributed by atoms with Crippen LogP contribution in [-0.2, 0) is 9.59 Å². The average molecular weight is 497 g/mol. The van der Waals surface area contributed by atoms with Crippen LogP contribution >= 0.6 is 27.7 Å². The highest BCUT2D eigenvalue weighted by molar-refractivity contribution is 9.10. The Labute approximate surface area is 191 Å². The van der Waals surface area contributed by atoms with E-state index in [0.29, 0.717) is 21.0 Å². The summed E-state index contributed by atoms with van der Waals surface area (Å²) in [5.74, 6) is -1.16. The first-order valence-corrected chi connectivity index (χ1v) is 10.9. The van der Waals surface area contributed by atoms with Gasteiger partial charge in [0.05, 0.1) is 10.2 Å². The predicted octanol–water partition coefficient (Wildman–Crippen LogP) is 5.48. The Bertz CT molecular complexity index is 1230. The van der Waals surface area contributed by atoms with E-state index in [4.69, 9.17) is 4.42 Å². The van der Waals surface area contributed by atoms with Crippen molar-refractivity contribution < 1.29 is 18.8 Å². The molecule has 1 saturated heterocycles. The molecular weight excluding hydrogens is 480 g/mol. The van der Waals surface area contributed by atoms with Gasteiger partial charge in [0.15, 0.2) is 5.09 Å². The molecule has 4 amide bonds. The fourth-order valence-corrected chi connectivity index (χ4v) is 4.35. The molecule has 6 nitrogen and oxygen atoms in total. The molecule has 1 N–H and O–H groups in total. The summed E-state index contributed by atoms with van der Waals surface area (Å²) < 4.78 is 6.53. The van der Waals surface area contributed by atoms with Gasteiger partial charge in [-0.15, -0.1) is 0 Å². The van der Waals surface area contributed by atoms with E-state index >= 15 is 0 Å². The molecule has 0 radical (unpaired) electrons. The molecule has 1 aromatic heterocycles. The number of carbonyl (C=O) groups is 3. The molecule has 0 aliphatic carbocycles. The first-order valence-electron chi connectivity index (χ1n) is 9.34. The third kappa shape index (κ3) is 4.50. The summed E-state index contributed by atoms with van der Waals surface area (Å²) in [6, 6.07) is 15.8. The normalized spacial score (nSPS) is 15.5. The van der Waals surface area contributed by atoms with E-state index in [1.807, 2.05) is 44.2 Å². The maximum atomic E-state index is 13.0. The molecule has 1 aliphatic rings. The quantitative estimate of drug-likeness (QED) is 0.382. The van der Waals surface area contributed by atoms with E-state index in [-0.39, 0.29) is 5.57 Å². The maximum absolute atomic E-state index is 13.0. The molecule has 0 saturated carbocycles. The zero-order valence-corrected chi connectivity index (χ0v) is 19.0. The summed E-state index contributed by atoms with van der Waals surface area (Å²) in [6.45, 7) is 3.86. The number of anilines is 1. The van der Waals surface area contributed by atoms with E-state index < -0.39 is 17.8 Å². The number of nitrogens with one attached hydrogen (secondary N) is 1. The highest BCUT2D eigenvalue weighted by Gasteiger charge is 2.37. The number of benzene rings is 2. The van der Waals surface area contributed by atoms with Gasteiger partial charge in [0.2, 0.25) is 0 Å². The van der Waals surface area contributed by atoms with Crippen molar-refractivity contribution in [2.45, 2.75) is 23.8 Å². The average Bonchev–Trinajstić information content (AvgIpc) is 3.06. The molecule has 0 atom stereocenters. The maximum Gasteiger partial charge on any atom is 0.335 e. The Balaban J connectivity index is 1.64. The lowest BCUT2D eigenvalue weighted by molar-refractivity contribution is -0.122. The predicted molar refractivity (Wildman–Crippen MR) is 122 cm³/mol. The van der Waals surface area contributed by atoms with Crippen LogP contribution in [0.5, 0.6) is 0 Å². The minimum absolute atomic E-state index is 0.186. The minimum Gasteiger partial charge on any atom is -0.449 e. The van der Waals surface area contributed by atoms with Crippen molar-refractivity contribution in [3.8, 4) is 0 Å². The van der Waals surface area contributed by atoms with Crippen molar-refractivity contribution in [3.05, 3.63) is 81.5 Å². The summed E-state index contributed by atoms with van der Waals surface area (Å²) >= 11 is 4.87. The lowest BCUT2D eigenvalue weighted by atomic mass is 10.1. The first kappa shape index (κ1) is 21.1. The Hall–Kier alpha value is -3.10. The van der Waals surface area contributed by atoms with Crippen LogP contribution in [0, 0.1) is 13.8 Å². The van der Waals surface area contributed by atoms with Gasteiger partial charge >= 0.3 is 6.03 Å². The number of aryl methyl sites for hydroxylation is 2. The molecule has 2 heterocycles. The zero-order chi connectivity index (χ0) is 22.1. The summed E-state index contributed by atoms with van der Waals surface area (Å²) in [4.78, 5) is 39.6. The highest BCUT2D eigenvalue weighted by atomic mass is 79.9. The van der Waals surface area contributed by atoms with Gasteiger partial charge in [-0.05, 0) is 71.7 Å². The third-order valence-electron chi connectivity index (χ3n) is 4.55. The summed E-state index contributed by atoms with van der Waals surface area (Å²) in [5, 5.41) is 2.80. The lowest BCUT2D eigenvalue weighted by Crippen LogP contribution is -2.54. The summed E-state index contributed by atoms with van der Waals surface area (Å²) in [7, 11) is 0. The first-order chi connectivity index (χ1) is 14.8. The van der Waals surface area contributed by atoms with Crippen LogP contribution in [0.25, 0.3) is 6.08 Å². The van der Waals surface area contributed by atoms with Gasteiger partial charge in [-0.1, -0.05) is 41.6 Å². The van der Waals surface area contributed by atoms with Crippen molar-refractivity contribution in [2.75, 3.05) is 4.90 Å². The van der Waals surface area contributed by atoms with Gasteiger partial charge in [-0.25, -0.2) is 9.69 Å². The van der Waals surface area contributed by atoms with E-state index in [9.17, 15) is 14.4 Å². The fraction of sp³-hybridized carbons (Fsp3) is 0.0870. The number of rotatable bonds is 4. The van der Waals surface area contributed by atoms with Gasteiger partial charge in [0.25, 0.3) is 11.8 Å². The number of hydrogen-bond donors (Lipinski definition) is 1. The number of furan rings is 1. The Morgan fingerprint density at radius 3 is 2.45 bits per heavy atom. The second kappa shape index (κ2) is 8.56. The van der Waals surface area contributed by atoms with Crippen LogP contribution in [0.1, 0.15) is 16.9 Å². The van der Waals surface area contributed by atoms with E-state index in [1.54, 1.807) is 24.3 Å². The number of hydrogen-bond acceptors (Lipinski definition) is 5. The fourth-order valence-electron chi connectivity index (χ4n) is 3.02. The third-order valence-corrected chi connectivity index (χ3v) is 6.40. The second-order valence-electron chi connectivity index (χ2n) is 7.00. The molecule has 31 heavy (non-hydrogen) atoms. The van der Waals surface area contributed by atoms with Crippen LogP contribution in [0.2, 0.25) is 0 Å². The van der Waals surface area contributed by atoms with Crippen molar-refractivity contribution >= 4 is 57.3 Å². The van der Waals surface area contributed by atoms with Crippen LogP contribution in [0.4, 0.5) is 10.5 Å². The lowest BCUT2D eigenvalue weighted by Gasteiger charge is -2.26. The molecular formula is C23H17BrN2O4S. The molecule has 8 heteroatoms. The largest absolute Gasteiger partial charge is 0.449 e. The molecule has 0 unspecified atom stereocenters.